The molecule has 0 aromatic rings. The van der Waals surface area contributed by atoms with Gasteiger partial charge in [0, 0.05) is 13.1 Å². The molecule has 0 saturated heterocycles. The van der Waals surface area contributed by atoms with Gasteiger partial charge in [-0.1, -0.05) is 41.5 Å². The van der Waals surface area contributed by atoms with Crippen molar-refractivity contribution in [3.05, 3.63) is 0 Å². The third-order valence-corrected chi connectivity index (χ3v) is 2.53. The highest BCUT2D eigenvalue weighted by atomic mass is 16.2. The zero-order chi connectivity index (χ0) is 13.6. The second kappa shape index (κ2) is 7.70. The first-order valence-corrected chi connectivity index (χ1v) is 6.78. The Hall–Kier alpha value is -0.570. The Morgan fingerprint density at radius 3 is 1.65 bits per heavy atom. The minimum Gasteiger partial charge on any atom is -0.341 e. The van der Waals surface area contributed by atoms with E-state index in [0.717, 1.165) is 19.5 Å². The second-order valence-corrected chi connectivity index (χ2v) is 6.27. The molecule has 0 bridgehead atoms. The molecule has 0 aliphatic rings. The Balaban J connectivity index is 4.50. The summed E-state index contributed by atoms with van der Waals surface area (Å²) in [6.07, 6.45) is 0.769. The molecule has 0 heterocycles. The van der Waals surface area contributed by atoms with Crippen LogP contribution in [-0.2, 0) is 4.79 Å². The quantitative estimate of drug-likeness (QED) is 0.745. The van der Waals surface area contributed by atoms with E-state index in [1.807, 2.05) is 4.90 Å². The highest BCUT2D eigenvalue weighted by Gasteiger charge is 2.22. The van der Waals surface area contributed by atoms with Crippen molar-refractivity contribution in [2.45, 2.75) is 54.0 Å². The number of amides is 1. The molecule has 0 rings (SSSR count). The van der Waals surface area contributed by atoms with Crippen LogP contribution in [-0.4, -0.2) is 29.9 Å². The number of hydrogen-bond donors (Lipinski definition) is 1. The molecule has 3 nitrogen and oxygen atoms in total. The maximum atomic E-state index is 12.3. The molecule has 0 saturated carbocycles. The van der Waals surface area contributed by atoms with Gasteiger partial charge in [0.15, 0.2) is 0 Å². The maximum absolute atomic E-state index is 12.3. The summed E-state index contributed by atoms with van der Waals surface area (Å²) >= 11 is 0. The number of carbonyl (C=O) groups is 1. The lowest BCUT2D eigenvalue weighted by Crippen LogP contribution is -2.47. The summed E-state index contributed by atoms with van der Waals surface area (Å²) in [5, 5.41) is 0. The van der Waals surface area contributed by atoms with Crippen LogP contribution in [0.15, 0.2) is 0 Å². The van der Waals surface area contributed by atoms with Gasteiger partial charge in [-0.15, -0.1) is 0 Å². The van der Waals surface area contributed by atoms with Crippen molar-refractivity contribution in [3.63, 3.8) is 0 Å². The number of nitrogens with two attached hydrogens (primary N) is 1. The molecule has 0 aliphatic carbocycles. The molecule has 3 heteroatoms. The summed E-state index contributed by atoms with van der Waals surface area (Å²) in [6, 6.07) is -0.340. The first-order chi connectivity index (χ1) is 7.73. The van der Waals surface area contributed by atoms with E-state index >= 15 is 0 Å². The van der Waals surface area contributed by atoms with E-state index in [1.54, 1.807) is 0 Å². The third-order valence-electron chi connectivity index (χ3n) is 2.53. The van der Waals surface area contributed by atoms with Crippen molar-refractivity contribution in [3.8, 4) is 0 Å². The van der Waals surface area contributed by atoms with Gasteiger partial charge in [-0.25, -0.2) is 0 Å². The van der Waals surface area contributed by atoms with Crippen LogP contribution in [0, 0.1) is 17.8 Å². The van der Waals surface area contributed by atoms with Gasteiger partial charge in [0.2, 0.25) is 5.91 Å². The summed E-state index contributed by atoms with van der Waals surface area (Å²) in [7, 11) is 0. The lowest BCUT2D eigenvalue weighted by molar-refractivity contribution is -0.134. The topological polar surface area (TPSA) is 46.3 Å². The van der Waals surface area contributed by atoms with E-state index in [4.69, 9.17) is 5.73 Å². The predicted molar refractivity (Wildman–Crippen MR) is 73.7 cm³/mol. The average Bonchev–Trinajstić information content (AvgIpc) is 2.12. The highest BCUT2D eigenvalue weighted by Crippen LogP contribution is 2.10. The second-order valence-electron chi connectivity index (χ2n) is 6.27. The van der Waals surface area contributed by atoms with E-state index < -0.39 is 0 Å². The van der Waals surface area contributed by atoms with E-state index in [-0.39, 0.29) is 11.9 Å². The third kappa shape index (κ3) is 7.37. The molecular formula is C14H30N2O. The van der Waals surface area contributed by atoms with Crippen molar-refractivity contribution in [1.82, 2.24) is 4.90 Å². The Morgan fingerprint density at radius 2 is 1.35 bits per heavy atom. The molecule has 0 fully saturated rings. The van der Waals surface area contributed by atoms with E-state index in [0.29, 0.717) is 17.8 Å². The van der Waals surface area contributed by atoms with Crippen LogP contribution in [0.25, 0.3) is 0 Å². The van der Waals surface area contributed by atoms with Gasteiger partial charge in [0.05, 0.1) is 6.04 Å². The van der Waals surface area contributed by atoms with Gasteiger partial charge in [-0.3, -0.25) is 4.79 Å². The van der Waals surface area contributed by atoms with Gasteiger partial charge in [-0.2, -0.15) is 0 Å². The fourth-order valence-electron chi connectivity index (χ4n) is 1.98. The Kier molecular flexibility index (Phi) is 7.44. The summed E-state index contributed by atoms with van der Waals surface area (Å²) in [5.74, 6) is 1.56. The van der Waals surface area contributed by atoms with Crippen molar-refractivity contribution >= 4 is 5.91 Å². The van der Waals surface area contributed by atoms with Gasteiger partial charge < -0.3 is 10.6 Å². The zero-order valence-electron chi connectivity index (χ0n) is 12.4. The van der Waals surface area contributed by atoms with Crippen molar-refractivity contribution in [1.29, 1.82) is 0 Å². The van der Waals surface area contributed by atoms with Gasteiger partial charge in [0.25, 0.3) is 0 Å². The normalized spacial score (nSPS) is 13.5. The number of carbonyl (C=O) groups excluding carboxylic acids is 1. The fraction of sp³-hybridized carbons (Fsp3) is 0.929. The lowest BCUT2D eigenvalue weighted by Gasteiger charge is -2.29. The number of nitrogens with zero attached hydrogens (tertiary/aromatic N) is 1. The van der Waals surface area contributed by atoms with Crippen molar-refractivity contribution in [2.24, 2.45) is 23.5 Å². The monoisotopic (exact) mass is 242 g/mol. The van der Waals surface area contributed by atoms with Gasteiger partial charge in [-0.05, 0) is 24.2 Å². The molecular weight excluding hydrogens is 212 g/mol. The Bertz CT molecular complexity index is 214. The molecule has 0 aliphatic heterocycles. The minimum absolute atomic E-state index is 0.112. The molecule has 0 radical (unpaired) electrons. The van der Waals surface area contributed by atoms with E-state index in [1.165, 1.54) is 0 Å². The van der Waals surface area contributed by atoms with Crippen LogP contribution < -0.4 is 5.73 Å². The van der Waals surface area contributed by atoms with Gasteiger partial charge >= 0.3 is 0 Å². The minimum atomic E-state index is -0.340. The Morgan fingerprint density at radius 1 is 0.941 bits per heavy atom. The highest BCUT2D eigenvalue weighted by molar-refractivity contribution is 5.81. The average molecular weight is 242 g/mol. The van der Waals surface area contributed by atoms with Crippen LogP contribution in [0.3, 0.4) is 0 Å². The van der Waals surface area contributed by atoms with Crippen LogP contribution in [0.2, 0.25) is 0 Å². The SMILES string of the molecule is CC(C)C[C@H](N)C(=O)N(CC(C)C)CC(C)C. The number of hydrogen-bond acceptors (Lipinski definition) is 2. The van der Waals surface area contributed by atoms with E-state index in [9.17, 15) is 4.79 Å². The van der Waals surface area contributed by atoms with Crippen LogP contribution in [0.4, 0.5) is 0 Å². The summed E-state index contributed by atoms with van der Waals surface area (Å²) in [4.78, 5) is 14.2. The van der Waals surface area contributed by atoms with Crippen molar-refractivity contribution < 1.29 is 4.79 Å². The first-order valence-electron chi connectivity index (χ1n) is 6.78. The van der Waals surface area contributed by atoms with E-state index in [2.05, 4.69) is 41.5 Å². The van der Waals surface area contributed by atoms with Crippen LogP contribution in [0.1, 0.15) is 48.0 Å². The molecule has 1 amide bonds. The smallest absolute Gasteiger partial charge is 0.239 e. The molecule has 1 atom stereocenters. The maximum Gasteiger partial charge on any atom is 0.239 e. The molecule has 0 unspecified atom stereocenters. The molecule has 102 valence electrons. The van der Waals surface area contributed by atoms with Crippen LogP contribution >= 0.6 is 0 Å². The molecule has 0 aromatic carbocycles. The van der Waals surface area contributed by atoms with Crippen LogP contribution in [0.5, 0.6) is 0 Å². The molecule has 0 spiro atoms. The molecule has 0 aromatic heterocycles. The molecule has 2 N–H and O–H groups in total. The summed E-state index contributed by atoms with van der Waals surface area (Å²) in [5.41, 5.74) is 5.98. The first kappa shape index (κ1) is 16.4. The predicted octanol–water partition coefficient (Wildman–Crippen LogP) is 2.50. The summed E-state index contributed by atoms with van der Waals surface area (Å²) < 4.78 is 0. The fourth-order valence-corrected chi connectivity index (χ4v) is 1.98. The lowest BCUT2D eigenvalue weighted by atomic mass is 10.0. The Labute approximate surface area is 107 Å². The zero-order valence-corrected chi connectivity index (χ0v) is 12.4. The largest absolute Gasteiger partial charge is 0.341 e. The van der Waals surface area contributed by atoms with Crippen molar-refractivity contribution in [2.75, 3.05) is 13.1 Å². The molecule has 17 heavy (non-hydrogen) atoms. The summed E-state index contributed by atoms with van der Waals surface area (Å²) in [6.45, 7) is 14.3. The standard InChI is InChI=1S/C14H30N2O/c1-10(2)7-13(15)14(17)16(8-11(3)4)9-12(5)6/h10-13H,7-9,15H2,1-6H3/t13-/m0/s1. The number of rotatable bonds is 7. The van der Waals surface area contributed by atoms with Gasteiger partial charge in [0.1, 0.15) is 0 Å².